The second-order valence-electron chi connectivity index (χ2n) is 2.91. The molecular formula is C10H5Br2N3. The fourth-order valence-electron chi connectivity index (χ4n) is 1.21. The lowest BCUT2D eigenvalue weighted by molar-refractivity contribution is 0.879. The summed E-state index contributed by atoms with van der Waals surface area (Å²) >= 11 is 6.68. The molecule has 0 amide bonds. The molecule has 0 aliphatic rings. The van der Waals surface area contributed by atoms with Gasteiger partial charge in [-0.05, 0) is 34.1 Å². The first-order valence-corrected chi connectivity index (χ1v) is 5.69. The highest BCUT2D eigenvalue weighted by molar-refractivity contribution is 9.10. The molecular weight excluding hydrogens is 322 g/mol. The lowest BCUT2D eigenvalue weighted by atomic mass is 10.2. The summed E-state index contributed by atoms with van der Waals surface area (Å²) in [6.45, 7) is 0. The van der Waals surface area contributed by atoms with Crippen molar-refractivity contribution in [1.82, 2.24) is 9.78 Å². The van der Waals surface area contributed by atoms with Gasteiger partial charge in [0.2, 0.25) is 0 Å². The van der Waals surface area contributed by atoms with E-state index in [9.17, 15) is 0 Å². The Balaban J connectivity index is 2.54. The average Bonchev–Trinajstić information content (AvgIpc) is 2.64. The van der Waals surface area contributed by atoms with Crippen LogP contribution in [0, 0.1) is 11.3 Å². The largest absolute Gasteiger partial charge is 0.240 e. The van der Waals surface area contributed by atoms with Crippen LogP contribution in [0.25, 0.3) is 5.69 Å². The van der Waals surface area contributed by atoms with Gasteiger partial charge in [-0.1, -0.05) is 15.9 Å². The van der Waals surface area contributed by atoms with E-state index in [0.29, 0.717) is 5.56 Å². The molecule has 1 heterocycles. The van der Waals surface area contributed by atoms with E-state index in [0.717, 1.165) is 14.6 Å². The molecule has 74 valence electrons. The third-order valence-electron chi connectivity index (χ3n) is 1.83. The van der Waals surface area contributed by atoms with E-state index in [4.69, 9.17) is 5.26 Å². The van der Waals surface area contributed by atoms with Gasteiger partial charge in [0.25, 0.3) is 0 Å². The molecule has 1 aromatic heterocycles. The van der Waals surface area contributed by atoms with Gasteiger partial charge in [-0.15, -0.1) is 0 Å². The molecule has 0 saturated carbocycles. The molecule has 15 heavy (non-hydrogen) atoms. The topological polar surface area (TPSA) is 41.6 Å². The molecule has 3 nitrogen and oxygen atoms in total. The van der Waals surface area contributed by atoms with Gasteiger partial charge >= 0.3 is 0 Å². The molecule has 0 radical (unpaired) electrons. The minimum atomic E-state index is 0.603. The normalized spacial score (nSPS) is 9.93. The minimum absolute atomic E-state index is 0.603. The molecule has 5 heteroatoms. The lowest BCUT2D eigenvalue weighted by Crippen LogP contribution is -1.94. The first-order valence-electron chi connectivity index (χ1n) is 4.10. The van der Waals surface area contributed by atoms with Crippen molar-refractivity contribution in [2.24, 2.45) is 0 Å². The maximum Gasteiger partial charge on any atom is 0.0992 e. The van der Waals surface area contributed by atoms with Crippen LogP contribution in [0.4, 0.5) is 0 Å². The zero-order valence-electron chi connectivity index (χ0n) is 7.48. The Labute approximate surface area is 104 Å². The fraction of sp³-hybridized carbons (Fsp3) is 0. The molecule has 0 atom stereocenters. The summed E-state index contributed by atoms with van der Waals surface area (Å²) in [5.41, 5.74) is 1.46. The Morgan fingerprint density at radius 3 is 2.60 bits per heavy atom. The average molecular weight is 327 g/mol. The van der Waals surface area contributed by atoms with Crippen LogP contribution in [0.2, 0.25) is 0 Å². The van der Waals surface area contributed by atoms with E-state index in [2.05, 4.69) is 43.0 Å². The summed E-state index contributed by atoms with van der Waals surface area (Å²) < 4.78 is 3.47. The lowest BCUT2D eigenvalue weighted by Gasteiger charge is -2.02. The van der Waals surface area contributed by atoms with E-state index in [1.807, 2.05) is 12.3 Å². The number of aromatic nitrogens is 2. The van der Waals surface area contributed by atoms with E-state index in [-0.39, 0.29) is 0 Å². The monoisotopic (exact) mass is 325 g/mol. The highest BCUT2D eigenvalue weighted by Crippen LogP contribution is 2.19. The summed E-state index contributed by atoms with van der Waals surface area (Å²) in [6, 6.07) is 7.55. The molecule has 0 bridgehead atoms. The van der Waals surface area contributed by atoms with Crippen LogP contribution in [-0.2, 0) is 0 Å². The zero-order valence-corrected chi connectivity index (χ0v) is 10.7. The molecule has 0 unspecified atom stereocenters. The van der Waals surface area contributed by atoms with Crippen LogP contribution in [0.1, 0.15) is 5.56 Å². The van der Waals surface area contributed by atoms with Crippen molar-refractivity contribution in [1.29, 1.82) is 5.26 Å². The molecule has 0 N–H and O–H groups in total. The van der Waals surface area contributed by atoms with E-state index in [1.165, 1.54) is 0 Å². The van der Waals surface area contributed by atoms with Gasteiger partial charge in [0.15, 0.2) is 0 Å². The van der Waals surface area contributed by atoms with Crippen LogP contribution >= 0.6 is 31.9 Å². The number of halogens is 2. The maximum absolute atomic E-state index is 8.83. The number of benzene rings is 1. The predicted octanol–water partition coefficient (Wildman–Crippen LogP) is 3.27. The predicted molar refractivity (Wildman–Crippen MR) is 63.7 cm³/mol. The van der Waals surface area contributed by atoms with Gasteiger partial charge in [-0.3, -0.25) is 0 Å². The van der Waals surface area contributed by atoms with Crippen LogP contribution in [0.5, 0.6) is 0 Å². The second kappa shape index (κ2) is 4.17. The SMILES string of the molecule is N#Cc1cc(Br)cc(-n2cc(Br)cn2)c1. The van der Waals surface area contributed by atoms with Gasteiger partial charge in [0, 0.05) is 10.7 Å². The highest BCUT2D eigenvalue weighted by Gasteiger charge is 2.02. The zero-order chi connectivity index (χ0) is 10.8. The number of hydrogen-bond acceptors (Lipinski definition) is 2. The number of hydrogen-bond donors (Lipinski definition) is 0. The van der Waals surface area contributed by atoms with Gasteiger partial charge in [-0.25, -0.2) is 4.68 Å². The Kier molecular flexibility index (Phi) is 2.89. The van der Waals surface area contributed by atoms with Gasteiger partial charge in [0.1, 0.15) is 0 Å². The standard InChI is InChI=1S/C10H5Br2N3/c11-8-1-7(4-13)2-10(3-8)15-6-9(12)5-14-15/h1-3,5-6H. The van der Waals surface area contributed by atoms with E-state index >= 15 is 0 Å². The van der Waals surface area contributed by atoms with Crippen LogP contribution in [0.15, 0.2) is 39.5 Å². The van der Waals surface area contributed by atoms with E-state index in [1.54, 1.807) is 23.0 Å². The molecule has 0 spiro atoms. The van der Waals surface area contributed by atoms with Crippen molar-refractivity contribution in [3.63, 3.8) is 0 Å². The Bertz CT molecular complexity index is 540. The molecule has 0 aliphatic heterocycles. The van der Waals surface area contributed by atoms with Gasteiger partial charge in [-0.2, -0.15) is 10.4 Å². The van der Waals surface area contributed by atoms with Gasteiger partial charge < -0.3 is 0 Å². The van der Waals surface area contributed by atoms with Crippen molar-refractivity contribution in [2.45, 2.75) is 0 Å². The van der Waals surface area contributed by atoms with Crippen molar-refractivity contribution < 1.29 is 0 Å². The highest BCUT2D eigenvalue weighted by atomic mass is 79.9. The Hall–Kier alpha value is -1.12. The van der Waals surface area contributed by atoms with Crippen molar-refractivity contribution in [3.05, 3.63) is 45.1 Å². The molecule has 2 aromatic rings. The summed E-state index contributed by atoms with van der Waals surface area (Å²) in [5, 5.41) is 13.0. The first-order chi connectivity index (χ1) is 7.19. The molecule has 0 saturated heterocycles. The first kappa shape index (κ1) is 10.4. The van der Waals surface area contributed by atoms with Crippen LogP contribution in [-0.4, -0.2) is 9.78 Å². The summed E-state index contributed by atoms with van der Waals surface area (Å²) in [6.07, 6.45) is 3.54. The van der Waals surface area contributed by atoms with Crippen molar-refractivity contribution >= 4 is 31.9 Å². The number of rotatable bonds is 1. The number of nitriles is 1. The minimum Gasteiger partial charge on any atom is -0.240 e. The Morgan fingerprint density at radius 2 is 2.00 bits per heavy atom. The summed E-state index contributed by atoms with van der Waals surface area (Å²) in [7, 11) is 0. The maximum atomic E-state index is 8.83. The van der Waals surface area contributed by atoms with Crippen LogP contribution in [0.3, 0.4) is 0 Å². The summed E-state index contributed by atoms with van der Waals surface area (Å²) in [4.78, 5) is 0. The molecule has 0 fully saturated rings. The third kappa shape index (κ3) is 2.28. The smallest absolute Gasteiger partial charge is 0.0992 e. The Morgan fingerprint density at radius 1 is 1.20 bits per heavy atom. The van der Waals surface area contributed by atoms with Crippen LogP contribution < -0.4 is 0 Å². The molecule has 2 rings (SSSR count). The summed E-state index contributed by atoms with van der Waals surface area (Å²) in [5.74, 6) is 0. The van der Waals surface area contributed by atoms with E-state index < -0.39 is 0 Å². The number of nitrogens with zero attached hydrogens (tertiary/aromatic N) is 3. The second-order valence-corrected chi connectivity index (χ2v) is 4.74. The van der Waals surface area contributed by atoms with Crippen molar-refractivity contribution in [3.8, 4) is 11.8 Å². The van der Waals surface area contributed by atoms with Crippen molar-refractivity contribution in [2.75, 3.05) is 0 Å². The molecule has 1 aromatic carbocycles. The quantitative estimate of drug-likeness (QED) is 0.807. The molecule has 0 aliphatic carbocycles. The van der Waals surface area contributed by atoms with Gasteiger partial charge in [0.05, 0.1) is 28.0 Å². The fourth-order valence-corrected chi connectivity index (χ4v) is 1.98. The third-order valence-corrected chi connectivity index (χ3v) is 2.69.